The van der Waals surface area contributed by atoms with Gasteiger partial charge in [0, 0.05) is 18.6 Å². The number of rotatable bonds is 3. The third kappa shape index (κ3) is 3.08. The number of hydrogen-bond donors (Lipinski definition) is 0. The molecule has 1 unspecified atom stereocenters. The van der Waals surface area contributed by atoms with Gasteiger partial charge in [0.15, 0.2) is 11.6 Å². The summed E-state index contributed by atoms with van der Waals surface area (Å²) in [5.41, 5.74) is 3.82. The van der Waals surface area contributed by atoms with Crippen molar-refractivity contribution in [3.63, 3.8) is 0 Å². The average molecular weight is 395 g/mol. The molecule has 0 aliphatic carbocycles. The second-order valence-corrected chi connectivity index (χ2v) is 8.33. The molecule has 5 heteroatoms. The molecule has 4 heterocycles. The van der Waals surface area contributed by atoms with Crippen LogP contribution in [0.5, 0.6) is 0 Å². The molecule has 0 radical (unpaired) electrons. The number of carbonyl (C=O) groups is 1. The van der Waals surface area contributed by atoms with Crippen molar-refractivity contribution in [2.45, 2.75) is 31.3 Å². The van der Waals surface area contributed by atoms with Gasteiger partial charge in [-0.25, -0.2) is 8.78 Å². The highest BCUT2D eigenvalue weighted by Crippen LogP contribution is 2.50. The molecule has 6 rings (SSSR count). The predicted octanol–water partition coefficient (Wildman–Crippen LogP) is 4.67. The zero-order chi connectivity index (χ0) is 20.1. The molecule has 4 aliphatic rings. The molecule has 0 saturated carbocycles. The minimum absolute atomic E-state index is 0.0692. The molecule has 4 aliphatic heterocycles. The van der Waals surface area contributed by atoms with Crippen molar-refractivity contribution in [3.8, 4) is 11.1 Å². The van der Waals surface area contributed by atoms with Crippen LogP contribution in [0.4, 0.5) is 8.78 Å². The Balaban J connectivity index is 1.42. The third-order valence-electron chi connectivity index (χ3n) is 6.90. The predicted molar refractivity (Wildman–Crippen MR) is 107 cm³/mol. The van der Waals surface area contributed by atoms with E-state index in [1.54, 1.807) is 6.07 Å². The molecular formula is C24H23F2NO2. The Bertz CT molecular complexity index is 985. The van der Waals surface area contributed by atoms with E-state index in [9.17, 15) is 13.6 Å². The quantitative estimate of drug-likeness (QED) is 0.708. The third-order valence-corrected chi connectivity index (χ3v) is 6.90. The highest BCUT2D eigenvalue weighted by molar-refractivity contribution is 5.76. The van der Waals surface area contributed by atoms with E-state index in [1.165, 1.54) is 25.2 Å². The number of carbonyl (C=O) groups excluding carboxylic acids is 1. The zero-order valence-electron chi connectivity index (χ0n) is 16.3. The van der Waals surface area contributed by atoms with Crippen LogP contribution >= 0.6 is 0 Å². The number of halogens is 2. The van der Waals surface area contributed by atoms with Crippen LogP contribution in [0.2, 0.25) is 0 Å². The molecule has 4 saturated heterocycles. The van der Waals surface area contributed by atoms with Gasteiger partial charge >= 0.3 is 5.97 Å². The lowest BCUT2D eigenvalue weighted by Gasteiger charge is -2.50. The highest BCUT2D eigenvalue weighted by Gasteiger charge is 2.55. The molecule has 5 atom stereocenters. The second-order valence-electron chi connectivity index (χ2n) is 8.33. The summed E-state index contributed by atoms with van der Waals surface area (Å²) in [4.78, 5) is 15.0. The van der Waals surface area contributed by atoms with Gasteiger partial charge in [0.05, 0.1) is 13.0 Å². The Kier molecular flexibility index (Phi) is 4.50. The fourth-order valence-electron chi connectivity index (χ4n) is 5.54. The number of esters is 1. The highest BCUT2D eigenvalue weighted by atomic mass is 19.2. The molecule has 2 aromatic carbocycles. The Morgan fingerprint density at radius 2 is 1.83 bits per heavy atom. The molecule has 0 aromatic heterocycles. The summed E-state index contributed by atoms with van der Waals surface area (Å²) in [7, 11) is 1.48. The molecule has 29 heavy (non-hydrogen) atoms. The fourth-order valence-corrected chi connectivity index (χ4v) is 5.54. The largest absolute Gasteiger partial charge is 0.469 e. The second kappa shape index (κ2) is 7.06. The standard InChI is InChI=1S/C24H23F2NO2/c1-29-24(28)23-19-12-18-7-9-22(23)27(18)13-17(19)10-14-2-4-15(5-3-14)16-6-8-20(25)21(26)11-16/h2-6,8,10-11,18-19,22-23H,7,9,12-13H2,1H3/b17-10+/t18-,19+,22+,23-/m0/s1. The first-order valence-corrected chi connectivity index (χ1v) is 10.1. The maximum Gasteiger partial charge on any atom is 0.310 e. The van der Waals surface area contributed by atoms with Crippen LogP contribution in [0.1, 0.15) is 24.8 Å². The monoisotopic (exact) mass is 395 g/mol. The van der Waals surface area contributed by atoms with E-state index in [2.05, 4.69) is 11.0 Å². The first-order chi connectivity index (χ1) is 14.0. The molecule has 2 aromatic rings. The summed E-state index contributed by atoms with van der Waals surface area (Å²) in [6.07, 6.45) is 5.46. The van der Waals surface area contributed by atoms with Crippen molar-refractivity contribution in [2.75, 3.05) is 13.7 Å². The van der Waals surface area contributed by atoms with Gasteiger partial charge in [0.2, 0.25) is 0 Å². The number of hydrogen-bond acceptors (Lipinski definition) is 3. The molecule has 4 fully saturated rings. The lowest BCUT2D eigenvalue weighted by Crippen LogP contribution is -2.58. The van der Waals surface area contributed by atoms with Gasteiger partial charge in [0.25, 0.3) is 0 Å². The normalized spacial score (nSPS) is 31.3. The first-order valence-electron chi connectivity index (χ1n) is 10.1. The minimum atomic E-state index is -0.843. The van der Waals surface area contributed by atoms with E-state index < -0.39 is 11.6 Å². The van der Waals surface area contributed by atoms with Crippen molar-refractivity contribution >= 4 is 12.0 Å². The van der Waals surface area contributed by atoms with Gasteiger partial charge in [-0.15, -0.1) is 0 Å². The van der Waals surface area contributed by atoms with Crippen LogP contribution in [0.25, 0.3) is 17.2 Å². The van der Waals surface area contributed by atoms with Crippen molar-refractivity contribution in [2.24, 2.45) is 11.8 Å². The summed E-state index contributed by atoms with van der Waals surface area (Å²) >= 11 is 0. The maximum absolute atomic E-state index is 13.5. The molecular weight excluding hydrogens is 372 g/mol. The van der Waals surface area contributed by atoms with Crippen LogP contribution in [0.15, 0.2) is 48.0 Å². The fraction of sp³-hybridized carbons (Fsp3) is 0.375. The number of ether oxygens (including phenoxy) is 1. The van der Waals surface area contributed by atoms with Gasteiger partial charge in [-0.05, 0) is 54.0 Å². The Morgan fingerprint density at radius 3 is 2.55 bits per heavy atom. The number of methoxy groups -OCH3 is 1. The number of benzene rings is 2. The molecule has 4 bridgehead atoms. The summed E-state index contributed by atoms with van der Waals surface area (Å²) in [5.74, 6) is -1.60. The number of nitrogens with zero attached hydrogens (tertiary/aromatic N) is 1. The summed E-state index contributed by atoms with van der Waals surface area (Å²) in [6, 6.07) is 12.7. The summed E-state index contributed by atoms with van der Waals surface area (Å²) in [5, 5.41) is 0. The van der Waals surface area contributed by atoms with Crippen molar-refractivity contribution in [1.29, 1.82) is 0 Å². The van der Waals surface area contributed by atoms with Crippen LogP contribution in [0, 0.1) is 23.5 Å². The SMILES string of the molecule is COC(=O)[C@H]1[C@@H]2C[C@@H]3CC[C@H]1N3C/C2=C\c1ccc(-c2ccc(F)c(F)c2)cc1. The molecule has 0 amide bonds. The smallest absolute Gasteiger partial charge is 0.310 e. The van der Waals surface area contributed by atoms with Gasteiger partial charge in [0.1, 0.15) is 0 Å². The topological polar surface area (TPSA) is 29.5 Å². The van der Waals surface area contributed by atoms with Gasteiger partial charge in [-0.3, -0.25) is 9.69 Å². The maximum atomic E-state index is 13.5. The van der Waals surface area contributed by atoms with Gasteiger partial charge in [-0.2, -0.15) is 0 Å². The van der Waals surface area contributed by atoms with E-state index >= 15 is 0 Å². The zero-order valence-corrected chi connectivity index (χ0v) is 16.3. The number of fused-ring (bicyclic) bond motifs is 1. The number of piperidine rings is 3. The molecule has 0 spiro atoms. The van der Waals surface area contributed by atoms with E-state index in [0.29, 0.717) is 17.6 Å². The van der Waals surface area contributed by atoms with Crippen molar-refractivity contribution in [3.05, 3.63) is 65.2 Å². The van der Waals surface area contributed by atoms with Gasteiger partial charge in [-0.1, -0.05) is 42.0 Å². The van der Waals surface area contributed by atoms with E-state index in [-0.39, 0.29) is 17.8 Å². The minimum Gasteiger partial charge on any atom is -0.469 e. The summed E-state index contributed by atoms with van der Waals surface area (Å²) in [6.45, 7) is 0.915. The molecule has 150 valence electrons. The Morgan fingerprint density at radius 1 is 1.07 bits per heavy atom. The van der Waals surface area contributed by atoms with Crippen molar-refractivity contribution < 1.29 is 18.3 Å². The van der Waals surface area contributed by atoms with Crippen LogP contribution in [0.3, 0.4) is 0 Å². The Labute approximate surface area is 169 Å². The van der Waals surface area contributed by atoms with E-state index in [1.807, 2.05) is 24.3 Å². The van der Waals surface area contributed by atoms with Crippen LogP contribution in [-0.4, -0.2) is 36.6 Å². The first kappa shape index (κ1) is 18.5. The van der Waals surface area contributed by atoms with E-state index in [0.717, 1.165) is 36.6 Å². The lowest BCUT2D eigenvalue weighted by atomic mass is 9.71. The van der Waals surface area contributed by atoms with Gasteiger partial charge < -0.3 is 4.74 Å². The lowest BCUT2D eigenvalue weighted by molar-refractivity contribution is -0.153. The Hall–Kier alpha value is -2.53. The molecule has 0 N–H and O–H groups in total. The van der Waals surface area contributed by atoms with Crippen molar-refractivity contribution in [1.82, 2.24) is 4.90 Å². The average Bonchev–Trinajstić information content (AvgIpc) is 3.04. The van der Waals surface area contributed by atoms with Crippen LogP contribution < -0.4 is 0 Å². The van der Waals surface area contributed by atoms with Crippen LogP contribution in [-0.2, 0) is 9.53 Å². The van der Waals surface area contributed by atoms with E-state index in [4.69, 9.17) is 4.74 Å². The molecule has 3 nitrogen and oxygen atoms in total. The summed E-state index contributed by atoms with van der Waals surface area (Å²) < 4.78 is 31.8.